The quantitative estimate of drug-likeness (QED) is 0.0153. The maximum Gasteiger partial charge on any atom is 0.481 e. The van der Waals surface area contributed by atoms with Crippen LogP contribution in [0.25, 0.3) is 0 Å². The number of unbranched alkanes of at least 4 members (excludes halogenated alkanes) is 14. The number of nitrogens with zero attached hydrogens (tertiary/aromatic N) is 2. The molecule has 1 aromatic rings. The number of carbonyl (C=O) groups is 2. The first kappa shape index (κ1) is 65.5. The fourth-order valence-corrected chi connectivity index (χ4v) is 9.66. The van der Waals surface area contributed by atoms with E-state index in [0.29, 0.717) is 25.7 Å². The summed E-state index contributed by atoms with van der Waals surface area (Å²) in [6.45, 7) is 1.90. The van der Waals surface area contributed by atoms with Crippen molar-refractivity contribution in [3.05, 3.63) is 83.5 Å². The van der Waals surface area contributed by atoms with E-state index >= 15 is 0 Å². The van der Waals surface area contributed by atoms with Crippen LogP contribution < -0.4 is 11.4 Å². The van der Waals surface area contributed by atoms with Gasteiger partial charge in [0.1, 0.15) is 30.7 Å². The number of hydrogen-bond donors (Lipinski definition) is 6. The Labute approximate surface area is 433 Å². The van der Waals surface area contributed by atoms with Crippen molar-refractivity contribution in [2.45, 2.75) is 211 Å². The van der Waals surface area contributed by atoms with Gasteiger partial charge in [0.05, 0.1) is 19.3 Å². The number of hydrogen-bond acceptors (Lipinski definition) is 16. The molecule has 1 aliphatic heterocycles. The van der Waals surface area contributed by atoms with Gasteiger partial charge in [0.15, 0.2) is 12.3 Å². The monoisotopic (exact) mass is 1070 g/mol. The van der Waals surface area contributed by atoms with E-state index in [1.54, 1.807) is 0 Å². The summed E-state index contributed by atoms with van der Waals surface area (Å²) in [5.74, 6) is -1.39. The summed E-state index contributed by atoms with van der Waals surface area (Å²) in [5, 5.41) is 30.7. The third-order valence-corrected chi connectivity index (χ3v) is 14.2. The van der Waals surface area contributed by atoms with E-state index in [9.17, 15) is 48.6 Å². The van der Waals surface area contributed by atoms with Crippen molar-refractivity contribution in [2.24, 2.45) is 0 Å². The van der Waals surface area contributed by atoms with Crippen LogP contribution in [0.4, 0.5) is 5.82 Å². The predicted molar refractivity (Wildman–Crippen MR) is 281 cm³/mol. The number of carbonyl (C=O) groups excluding carboxylic acids is 2. The van der Waals surface area contributed by atoms with Gasteiger partial charge in [0.25, 0.3) is 0 Å². The van der Waals surface area contributed by atoms with E-state index in [2.05, 4.69) is 53.5 Å². The number of phosphoric ester groups is 2. The molecule has 19 nitrogen and oxygen atoms in total. The minimum atomic E-state index is -5.44. The summed E-state index contributed by atoms with van der Waals surface area (Å²) in [4.78, 5) is 61.9. The second-order valence-electron chi connectivity index (χ2n) is 18.2. The van der Waals surface area contributed by atoms with Crippen molar-refractivity contribution in [1.82, 2.24) is 9.55 Å². The topological polar surface area (TPSA) is 286 Å². The summed E-state index contributed by atoms with van der Waals surface area (Å²) in [7, 11) is -10.9. The molecule has 3 unspecified atom stereocenters. The molecule has 73 heavy (non-hydrogen) atoms. The number of aliphatic hydroxyl groups excluding tert-OH is 3. The van der Waals surface area contributed by atoms with Crippen LogP contribution in [0.3, 0.4) is 0 Å². The maximum absolute atomic E-state index is 12.9. The number of allylic oxidation sites excluding steroid dienone is 9. The Balaban J connectivity index is 1.82. The minimum absolute atomic E-state index is 0.0243. The lowest BCUT2D eigenvalue weighted by Crippen LogP contribution is -2.36. The van der Waals surface area contributed by atoms with E-state index in [4.69, 9.17) is 29.0 Å². The van der Waals surface area contributed by atoms with E-state index < -0.39 is 83.7 Å². The van der Waals surface area contributed by atoms with Gasteiger partial charge in [-0.1, -0.05) is 145 Å². The van der Waals surface area contributed by atoms with Crippen LogP contribution >= 0.6 is 15.6 Å². The van der Waals surface area contributed by atoms with E-state index in [1.807, 2.05) is 30.4 Å². The van der Waals surface area contributed by atoms with Gasteiger partial charge in [0.2, 0.25) is 0 Å². The smallest absolute Gasteiger partial charge is 0.462 e. The Hall–Kier alpha value is -3.58. The van der Waals surface area contributed by atoms with E-state index in [-0.39, 0.29) is 24.8 Å². The van der Waals surface area contributed by atoms with Gasteiger partial charge in [-0.25, -0.2) is 13.9 Å². The highest BCUT2D eigenvalue weighted by Crippen LogP contribution is 2.60. The molecule has 7 N–H and O–H groups in total. The zero-order valence-electron chi connectivity index (χ0n) is 43.3. The van der Waals surface area contributed by atoms with Gasteiger partial charge in [0, 0.05) is 19.0 Å². The number of phosphoric acid groups is 2. The number of esters is 2. The van der Waals surface area contributed by atoms with Crippen molar-refractivity contribution in [3.63, 3.8) is 0 Å². The first-order chi connectivity index (χ1) is 35.1. The van der Waals surface area contributed by atoms with Crippen LogP contribution in [0.5, 0.6) is 0 Å². The van der Waals surface area contributed by atoms with Crippen LogP contribution in [0.2, 0.25) is 0 Å². The Morgan fingerprint density at radius 1 is 0.712 bits per heavy atom. The molecule has 21 heteroatoms. The number of ether oxygens (including phenoxy) is 3. The van der Waals surface area contributed by atoms with Crippen LogP contribution in [-0.2, 0) is 46.3 Å². The van der Waals surface area contributed by atoms with Gasteiger partial charge in [-0.2, -0.15) is 9.29 Å². The van der Waals surface area contributed by atoms with Gasteiger partial charge < -0.3 is 45.1 Å². The van der Waals surface area contributed by atoms with Gasteiger partial charge >= 0.3 is 33.3 Å². The average molecular weight is 1070 g/mol. The Morgan fingerprint density at radius 2 is 1.25 bits per heavy atom. The van der Waals surface area contributed by atoms with Crippen LogP contribution in [-0.4, -0.2) is 96.9 Å². The summed E-state index contributed by atoms with van der Waals surface area (Å²) in [6, 6.07) is 1.24. The van der Waals surface area contributed by atoms with Crippen molar-refractivity contribution < 1.29 is 71.4 Å². The van der Waals surface area contributed by atoms with Crippen LogP contribution in [0, 0.1) is 0 Å². The number of nitrogens with two attached hydrogens (primary N) is 1. The second kappa shape index (κ2) is 39.8. The minimum Gasteiger partial charge on any atom is -0.462 e. The summed E-state index contributed by atoms with van der Waals surface area (Å²) in [6.07, 6.45) is 36.4. The number of nitrogen functional groups attached to an aromatic ring is 1. The first-order valence-electron chi connectivity index (χ1n) is 26.4. The number of anilines is 1. The van der Waals surface area contributed by atoms with E-state index in [0.717, 1.165) is 94.2 Å². The zero-order chi connectivity index (χ0) is 53.6. The number of aromatic nitrogens is 2. The van der Waals surface area contributed by atoms with E-state index in [1.165, 1.54) is 44.6 Å². The van der Waals surface area contributed by atoms with Crippen molar-refractivity contribution >= 4 is 33.4 Å². The molecule has 0 aromatic carbocycles. The highest BCUT2D eigenvalue weighted by atomic mass is 31.3. The molecular formula is C52H87N3O16P2. The SMILES string of the molecule is CCCCCCCC/C=C\CCCCCCCCCC(=O)O[C@H](COC(=O)CCC/C=C\C/C=C\C/C=C\C/C=C\CC(O)CCC)COP(=O)(O)OP(=O)(O)OC[C@H]1O[C@@H](n2ccc(N)nc2=O)[C@H](O)[C@@H]1O. The third-order valence-electron chi connectivity index (χ3n) is 11.6. The Morgan fingerprint density at radius 3 is 1.86 bits per heavy atom. The molecule has 0 spiro atoms. The van der Waals surface area contributed by atoms with Gasteiger partial charge in [-0.3, -0.25) is 23.2 Å². The molecule has 1 aliphatic rings. The standard InChI is InChI=1S/C52H87N3O16P2/c1-3-5-6-7-8-9-10-11-12-13-14-17-21-24-27-30-33-37-48(58)69-44(40-66-47(57)36-32-29-26-23-20-18-15-16-19-22-25-28-31-35-43(56)34-4-2)41-67-72(62,63)71-73(64,65)68-42-45-49(59)50(60)51(70-45)55-39-38-46(53)54-52(55)61/h11-12,15,18-19,22-23,26,28,31,38-39,43-45,49-51,56,59-60H,3-10,13-14,16-17,20-21,24-25,27,29-30,32-37,40-42H2,1-2H3,(H,62,63)(H,64,65)(H2,53,54,61)/b12-11-,18-15-,22-19-,26-23-,31-28-/t43?,44-,45-,49-,50-,51-/m1/s1. The lowest BCUT2D eigenvalue weighted by atomic mass is 10.1. The summed E-state index contributed by atoms with van der Waals surface area (Å²) in [5.41, 5.74) is 4.58. The maximum atomic E-state index is 12.9. The lowest BCUT2D eigenvalue weighted by molar-refractivity contribution is -0.161. The Bertz CT molecular complexity index is 1980. The van der Waals surface area contributed by atoms with Crippen molar-refractivity contribution in [2.75, 3.05) is 25.6 Å². The third kappa shape index (κ3) is 32.5. The number of aliphatic hydroxyl groups is 3. The Kier molecular flexibility index (Phi) is 35.7. The van der Waals surface area contributed by atoms with Gasteiger partial charge in [-0.15, -0.1) is 0 Å². The summed E-state index contributed by atoms with van der Waals surface area (Å²) >= 11 is 0. The molecule has 2 rings (SSSR count). The first-order valence-corrected chi connectivity index (χ1v) is 29.4. The molecule has 0 bridgehead atoms. The van der Waals surface area contributed by atoms with Crippen LogP contribution in [0.15, 0.2) is 77.8 Å². The second-order valence-corrected chi connectivity index (χ2v) is 21.2. The molecule has 0 amide bonds. The molecule has 0 saturated carbocycles. The summed E-state index contributed by atoms with van der Waals surface area (Å²) < 4.78 is 56.8. The molecule has 416 valence electrons. The average Bonchev–Trinajstić information content (AvgIpc) is 3.62. The molecule has 8 atom stereocenters. The molecule has 2 heterocycles. The predicted octanol–water partition coefficient (Wildman–Crippen LogP) is 10.1. The van der Waals surface area contributed by atoms with Gasteiger partial charge in [-0.05, 0) is 83.1 Å². The number of rotatable bonds is 43. The molecule has 0 radical (unpaired) electrons. The molecule has 0 aliphatic carbocycles. The van der Waals surface area contributed by atoms with Crippen molar-refractivity contribution in [1.29, 1.82) is 0 Å². The van der Waals surface area contributed by atoms with Crippen molar-refractivity contribution in [3.8, 4) is 0 Å². The molecular weight excluding hydrogens is 985 g/mol. The normalized spacial score (nSPS) is 19.9. The lowest BCUT2D eigenvalue weighted by Gasteiger charge is -2.21. The fraction of sp³-hybridized carbons (Fsp3) is 0.692. The fourth-order valence-electron chi connectivity index (χ4n) is 7.55. The van der Waals surface area contributed by atoms with Crippen LogP contribution in [0.1, 0.15) is 181 Å². The molecule has 1 fully saturated rings. The molecule has 1 saturated heterocycles. The highest BCUT2D eigenvalue weighted by Gasteiger charge is 2.46. The highest BCUT2D eigenvalue weighted by molar-refractivity contribution is 7.61. The molecule has 1 aromatic heterocycles. The zero-order valence-corrected chi connectivity index (χ0v) is 45.1. The largest absolute Gasteiger partial charge is 0.481 e.